The Hall–Kier alpha value is -1.32. The van der Waals surface area contributed by atoms with Crippen LogP contribution in [0.1, 0.15) is 18.9 Å². The minimum absolute atomic E-state index is 0.0155. The molecular weight excluding hydrogens is 154 g/mol. The molecule has 0 aliphatic rings. The van der Waals surface area contributed by atoms with Gasteiger partial charge in [-0.1, -0.05) is 6.92 Å². The van der Waals surface area contributed by atoms with Crippen LogP contribution >= 0.6 is 0 Å². The number of nitrogens with one attached hydrogen (secondary N) is 1. The van der Waals surface area contributed by atoms with Gasteiger partial charge < -0.3 is 5.32 Å². The summed E-state index contributed by atoms with van der Waals surface area (Å²) in [5.41, 5.74) is 0.985. The maximum atomic E-state index is 11.0. The number of aryl methyl sites for hydroxylation is 2. The van der Waals surface area contributed by atoms with Crippen LogP contribution < -0.4 is 5.32 Å². The molecule has 0 aliphatic carbocycles. The molecule has 0 fully saturated rings. The fraction of sp³-hybridized carbons (Fsp3) is 0.500. The van der Waals surface area contributed by atoms with Crippen molar-refractivity contribution >= 4 is 11.7 Å². The maximum Gasteiger partial charge on any atom is 0.225 e. The monoisotopic (exact) mass is 167 g/mol. The summed E-state index contributed by atoms with van der Waals surface area (Å²) in [4.78, 5) is 11.0. The fourth-order valence-corrected chi connectivity index (χ4v) is 0.947. The van der Waals surface area contributed by atoms with Gasteiger partial charge in [-0.2, -0.15) is 5.10 Å². The highest BCUT2D eigenvalue weighted by atomic mass is 16.1. The molecule has 0 spiro atoms. The number of hydrogen-bond donors (Lipinski definition) is 1. The second-order valence-electron chi connectivity index (χ2n) is 2.70. The standard InChI is InChI=1S/C8H13N3O/c1-4-7(12)10-8-6(2)5-9-11(8)3/h5H,4H2,1-3H3,(H,10,12). The first-order chi connectivity index (χ1) is 5.65. The molecule has 1 heterocycles. The fourth-order valence-electron chi connectivity index (χ4n) is 0.947. The number of carbonyl (C=O) groups excluding carboxylic acids is 1. The molecule has 0 bridgehead atoms. The molecule has 1 rings (SSSR count). The third kappa shape index (κ3) is 1.64. The lowest BCUT2D eigenvalue weighted by Gasteiger charge is -2.04. The minimum atomic E-state index is 0.0155. The highest BCUT2D eigenvalue weighted by Gasteiger charge is 2.06. The van der Waals surface area contributed by atoms with Gasteiger partial charge >= 0.3 is 0 Å². The van der Waals surface area contributed by atoms with Gasteiger partial charge in [0, 0.05) is 19.0 Å². The molecule has 1 aromatic heterocycles. The van der Waals surface area contributed by atoms with E-state index in [1.807, 2.05) is 13.8 Å². The van der Waals surface area contributed by atoms with Crippen molar-refractivity contribution in [2.45, 2.75) is 20.3 Å². The van der Waals surface area contributed by atoms with Crippen molar-refractivity contribution in [2.24, 2.45) is 7.05 Å². The Kier molecular flexibility index (Phi) is 2.47. The van der Waals surface area contributed by atoms with Gasteiger partial charge in [-0.3, -0.25) is 9.48 Å². The largest absolute Gasteiger partial charge is 0.311 e. The van der Waals surface area contributed by atoms with Crippen LogP contribution in [0.4, 0.5) is 5.82 Å². The van der Waals surface area contributed by atoms with E-state index < -0.39 is 0 Å². The molecule has 0 saturated heterocycles. The third-order valence-corrected chi connectivity index (χ3v) is 1.70. The van der Waals surface area contributed by atoms with Gasteiger partial charge in [0.1, 0.15) is 5.82 Å². The molecule has 0 atom stereocenters. The zero-order chi connectivity index (χ0) is 9.14. The zero-order valence-electron chi connectivity index (χ0n) is 7.59. The van der Waals surface area contributed by atoms with Crippen molar-refractivity contribution in [1.29, 1.82) is 0 Å². The predicted molar refractivity (Wildman–Crippen MR) is 46.9 cm³/mol. The number of aromatic nitrogens is 2. The van der Waals surface area contributed by atoms with Crippen molar-refractivity contribution in [1.82, 2.24) is 9.78 Å². The van der Waals surface area contributed by atoms with Gasteiger partial charge in [0.15, 0.2) is 0 Å². The summed E-state index contributed by atoms with van der Waals surface area (Å²) in [6.45, 7) is 3.74. The van der Waals surface area contributed by atoms with E-state index in [4.69, 9.17) is 0 Å². The first-order valence-electron chi connectivity index (χ1n) is 3.93. The van der Waals surface area contributed by atoms with E-state index in [0.29, 0.717) is 6.42 Å². The smallest absolute Gasteiger partial charge is 0.225 e. The van der Waals surface area contributed by atoms with Gasteiger partial charge in [-0.25, -0.2) is 0 Å². The summed E-state index contributed by atoms with van der Waals surface area (Å²) in [5, 5.41) is 6.78. The van der Waals surface area contributed by atoms with E-state index in [2.05, 4.69) is 10.4 Å². The summed E-state index contributed by atoms with van der Waals surface area (Å²) in [6, 6.07) is 0. The SMILES string of the molecule is CCC(=O)Nc1c(C)cnn1C. The number of anilines is 1. The van der Waals surface area contributed by atoms with Crippen molar-refractivity contribution in [3.63, 3.8) is 0 Å². The van der Waals surface area contributed by atoms with Gasteiger partial charge in [-0.05, 0) is 6.92 Å². The van der Waals surface area contributed by atoms with Crippen LogP contribution in [0.5, 0.6) is 0 Å². The highest BCUT2D eigenvalue weighted by Crippen LogP contribution is 2.11. The van der Waals surface area contributed by atoms with E-state index in [-0.39, 0.29) is 5.91 Å². The topological polar surface area (TPSA) is 46.9 Å². The Bertz CT molecular complexity index is 271. The normalized spacial score (nSPS) is 9.92. The van der Waals surface area contributed by atoms with E-state index >= 15 is 0 Å². The van der Waals surface area contributed by atoms with Gasteiger partial charge in [0.05, 0.1) is 6.20 Å². The molecular formula is C8H13N3O. The summed E-state index contributed by atoms with van der Waals surface area (Å²) in [6.07, 6.45) is 2.22. The van der Waals surface area contributed by atoms with Gasteiger partial charge in [-0.15, -0.1) is 0 Å². The average molecular weight is 167 g/mol. The Morgan fingerprint density at radius 1 is 1.75 bits per heavy atom. The lowest BCUT2D eigenvalue weighted by atomic mass is 10.3. The molecule has 0 aliphatic heterocycles. The molecule has 4 nitrogen and oxygen atoms in total. The summed E-state index contributed by atoms with van der Waals surface area (Å²) >= 11 is 0. The van der Waals surface area contributed by atoms with Crippen molar-refractivity contribution in [2.75, 3.05) is 5.32 Å². The highest BCUT2D eigenvalue weighted by molar-refractivity contribution is 5.90. The Balaban J connectivity index is 2.80. The molecule has 0 unspecified atom stereocenters. The van der Waals surface area contributed by atoms with Crippen LogP contribution in [0, 0.1) is 6.92 Å². The van der Waals surface area contributed by atoms with Crippen molar-refractivity contribution in [3.8, 4) is 0 Å². The lowest BCUT2D eigenvalue weighted by Crippen LogP contribution is -2.13. The summed E-state index contributed by atoms with van der Waals surface area (Å²) in [5.74, 6) is 0.795. The molecule has 1 aromatic rings. The first-order valence-corrected chi connectivity index (χ1v) is 3.93. The average Bonchev–Trinajstić information content (AvgIpc) is 2.35. The van der Waals surface area contributed by atoms with Crippen molar-refractivity contribution in [3.05, 3.63) is 11.8 Å². The Labute approximate surface area is 71.6 Å². The van der Waals surface area contributed by atoms with E-state index in [0.717, 1.165) is 11.4 Å². The number of rotatable bonds is 2. The Morgan fingerprint density at radius 3 is 2.83 bits per heavy atom. The molecule has 12 heavy (non-hydrogen) atoms. The van der Waals surface area contributed by atoms with E-state index in [1.165, 1.54) is 0 Å². The molecule has 66 valence electrons. The lowest BCUT2D eigenvalue weighted by molar-refractivity contribution is -0.115. The molecule has 1 N–H and O–H groups in total. The molecule has 0 radical (unpaired) electrons. The zero-order valence-corrected chi connectivity index (χ0v) is 7.59. The second kappa shape index (κ2) is 3.38. The van der Waals surface area contributed by atoms with Crippen LogP contribution in [-0.4, -0.2) is 15.7 Å². The molecule has 1 amide bonds. The first kappa shape index (κ1) is 8.77. The van der Waals surface area contributed by atoms with E-state index in [9.17, 15) is 4.79 Å². The number of amides is 1. The number of hydrogen-bond acceptors (Lipinski definition) is 2. The van der Waals surface area contributed by atoms with E-state index in [1.54, 1.807) is 17.9 Å². The van der Waals surface area contributed by atoms with Crippen LogP contribution in [-0.2, 0) is 11.8 Å². The number of nitrogens with zero attached hydrogens (tertiary/aromatic N) is 2. The Morgan fingerprint density at radius 2 is 2.42 bits per heavy atom. The molecule has 0 saturated carbocycles. The molecule has 4 heteroatoms. The predicted octanol–water partition coefficient (Wildman–Crippen LogP) is 1.08. The second-order valence-corrected chi connectivity index (χ2v) is 2.70. The number of carbonyl (C=O) groups is 1. The van der Waals surface area contributed by atoms with Crippen LogP contribution in [0.15, 0.2) is 6.20 Å². The summed E-state index contributed by atoms with van der Waals surface area (Å²) < 4.78 is 1.66. The van der Waals surface area contributed by atoms with Crippen LogP contribution in [0.2, 0.25) is 0 Å². The van der Waals surface area contributed by atoms with Crippen LogP contribution in [0.3, 0.4) is 0 Å². The van der Waals surface area contributed by atoms with Crippen LogP contribution in [0.25, 0.3) is 0 Å². The quantitative estimate of drug-likeness (QED) is 0.716. The molecule has 0 aromatic carbocycles. The minimum Gasteiger partial charge on any atom is -0.311 e. The summed E-state index contributed by atoms with van der Waals surface area (Å²) in [7, 11) is 1.80. The van der Waals surface area contributed by atoms with Gasteiger partial charge in [0.25, 0.3) is 0 Å². The van der Waals surface area contributed by atoms with Crippen molar-refractivity contribution < 1.29 is 4.79 Å². The third-order valence-electron chi connectivity index (χ3n) is 1.70. The maximum absolute atomic E-state index is 11.0. The van der Waals surface area contributed by atoms with Gasteiger partial charge in [0.2, 0.25) is 5.91 Å².